The number of nitrogens with two attached hydrogens (primary N) is 1. The van der Waals surface area contributed by atoms with Crippen molar-refractivity contribution in [3.8, 4) is 0 Å². The summed E-state index contributed by atoms with van der Waals surface area (Å²) in [5.41, 5.74) is 5.48. The summed E-state index contributed by atoms with van der Waals surface area (Å²) in [4.78, 5) is 20.7. The zero-order valence-electron chi connectivity index (χ0n) is 9.06. The standard InChI is InChI=1S/C9H15N5O/c1-6(9(15)14(2)3)13-8-4-7(10)11-5-12-8/h4-6H,1-3H3,(H3,10,11,12,13). The van der Waals surface area contributed by atoms with Crippen LogP contribution in [-0.4, -0.2) is 40.9 Å². The third kappa shape index (κ3) is 3.08. The second kappa shape index (κ2) is 4.59. The van der Waals surface area contributed by atoms with E-state index in [1.165, 1.54) is 11.2 Å². The minimum absolute atomic E-state index is 0.0211. The Hall–Kier alpha value is -1.85. The highest BCUT2D eigenvalue weighted by molar-refractivity contribution is 5.83. The number of carbonyl (C=O) groups is 1. The number of hydrogen-bond donors (Lipinski definition) is 2. The van der Waals surface area contributed by atoms with E-state index in [1.54, 1.807) is 27.1 Å². The van der Waals surface area contributed by atoms with E-state index >= 15 is 0 Å². The van der Waals surface area contributed by atoms with Gasteiger partial charge in [-0.25, -0.2) is 9.97 Å². The second-order valence-electron chi connectivity index (χ2n) is 3.43. The Balaban J connectivity index is 2.66. The molecule has 0 aromatic carbocycles. The van der Waals surface area contributed by atoms with Crippen molar-refractivity contribution < 1.29 is 4.79 Å². The molecule has 1 atom stereocenters. The average molecular weight is 209 g/mol. The first kappa shape index (κ1) is 11.2. The van der Waals surface area contributed by atoms with Gasteiger partial charge in [0, 0.05) is 20.2 Å². The fourth-order valence-corrected chi connectivity index (χ4v) is 1.12. The third-order valence-electron chi connectivity index (χ3n) is 1.86. The highest BCUT2D eigenvalue weighted by Gasteiger charge is 2.14. The molecule has 1 aromatic rings. The first-order chi connectivity index (χ1) is 7.00. The first-order valence-corrected chi connectivity index (χ1v) is 4.56. The Morgan fingerprint density at radius 1 is 1.53 bits per heavy atom. The largest absolute Gasteiger partial charge is 0.384 e. The smallest absolute Gasteiger partial charge is 0.244 e. The van der Waals surface area contributed by atoms with Crippen LogP contribution >= 0.6 is 0 Å². The van der Waals surface area contributed by atoms with E-state index in [0.29, 0.717) is 11.6 Å². The first-order valence-electron chi connectivity index (χ1n) is 4.56. The summed E-state index contributed by atoms with van der Waals surface area (Å²) in [6, 6.07) is 1.24. The Bertz CT molecular complexity index is 352. The van der Waals surface area contributed by atoms with E-state index in [9.17, 15) is 4.79 Å². The van der Waals surface area contributed by atoms with Gasteiger partial charge in [-0.3, -0.25) is 4.79 Å². The lowest BCUT2D eigenvalue weighted by Crippen LogP contribution is -2.36. The van der Waals surface area contributed by atoms with Crippen LogP contribution in [0.2, 0.25) is 0 Å². The lowest BCUT2D eigenvalue weighted by atomic mass is 10.3. The van der Waals surface area contributed by atoms with E-state index in [0.717, 1.165) is 0 Å². The fraction of sp³-hybridized carbons (Fsp3) is 0.444. The Kier molecular flexibility index (Phi) is 3.43. The number of hydrogen-bond acceptors (Lipinski definition) is 5. The number of nitrogens with one attached hydrogen (secondary N) is 1. The van der Waals surface area contributed by atoms with Gasteiger partial charge in [0.2, 0.25) is 5.91 Å². The molecule has 0 saturated carbocycles. The van der Waals surface area contributed by atoms with Crippen molar-refractivity contribution in [2.24, 2.45) is 0 Å². The Morgan fingerprint density at radius 2 is 2.20 bits per heavy atom. The van der Waals surface area contributed by atoms with Crippen molar-refractivity contribution in [3.05, 3.63) is 12.4 Å². The van der Waals surface area contributed by atoms with Crippen LogP contribution < -0.4 is 11.1 Å². The van der Waals surface area contributed by atoms with Crippen LogP contribution in [0.15, 0.2) is 12.4 Å². The number of likely N-dealkylation sites (N-methyl/N-ethyl adjacent to an activating group) is 1. The average Bonchev–Trinajstić information content (AvgIpc) is 2.16. The molecule has 1 amide bonds. The molecule has 1 unspecified atom stereocenters. The summed E-state index contributed by atoms with van der Waals surface area (Å²) in [7, 11) is 3.41. The minimum atomic E-state index is -0.339. The quantitative estimate of drug-likeness (QED) is 0.729. The monoisotopic (exact) mass is 209 g/mol. The van der Waals surface area contributed by atoms with Gasteiger partial charge < -0.3 is 16.0 Å². The molecule has 0 aliphatic heterocycles. The molecule has 6 nitrogen and oxygen atoms in total. The molecule has 1 aromatic heterocycles. The van der Waals surface area contributed by atoms with E-state index in [-0.39, 0.29) is 11.9 Å². The van der Waals surface area contributed by atoms with E-state index in [1.807, 2.05) is 0 Å². The van der Waals surface area contributed by atoms with Crippen LogP contribution in [0, 0.1) is 0 Å². The highest BCUT2D eigenvalue weighted by Crippen LogP contribution is 2.07. The maximum Gasteiger partial charge on any atom is 0.244 e. The summed E-state index contributed by atoms with van der Waals surface area (Å²) >= 11 is 0. The lowest BCUT2D eigenvalue weighted by molar-refractivity contribution is -0.129. The van der Waals surface area contributed by atoms with Crippen molar-refractivity contribution >= 4 is 17.5 Å². The zero-order valence-corrected chi connectivity index (χ0v) is 9.06. The molecule has 82 valence electrons. The molecule has 1 rings (SSSR count). The molecule has 0 bridgehead atoms. The topological polar surface area (TPSA) is 84.1 Å². The molecule has 0 saturated heterocycles. The molecule has 0 fully saturated rings. The fourth-order valence-electron chi connectivity index (χ4n) is 1.12. The van der Waals surface area contributed by atoms with Gasteiger partial charge in [0.05, 0.1) is 0 Å². The van der Waals surface area contributed by atoms with E-state index < -0.39 is 0 Å². The van der Waals surface area contributed by atoms with Crippen molar-refractivity contribution in [3.63, 3.8) is 0 Å². The van der Waals surface area contributed by atoms with Gasteiger partial charge in [-0.05, 0) is 6.92 Å². The van der Waals surface area contributed by atoms with E-state index in [4.69, 9.17) is 5.73 Å². The van der Waals surface area contributed by atoms with Gasteiger partial charge in [0.25, 0.3) is 0 Å². The van der Waals surface area contributed by atoms with Crippen LogP contribution in [-0.2, 0) is 4.79 Å². The molecular formula is C9H15N5O. The lowest BCUT2D eigenvalue weighted by Gasteiger charge is -2.18. The maximum absolute atomic E-state index is 11.5. The molecule has 0 spiro atoms. The zero-order chi connectivity index (χ0) is 11.4. The van der Waals surface area contributed by atoms with Gasteiger partial charge in [-0.1, -0.05) is 0 Å². The molecule has 0 radical (unpaired) electrons. The van der Waals surface area contributed by atoms with Crippen LogP contribution in [0.3, 0.4) is 0 Å². The number of amides is 1. The summed E-state index contributed by atoms with van der Waals surface area (Å²) in [5.74, 6) is 0.898. The predicted octanol–water partition coefficient (Wildman–Crippen LogP) is -0.0526. The molecule has 0 aliphatic carbocycles. The van der Waals surface area contributed by atoms with Crippen LogP contribution in [0.25, 0.3) is 0 Å². The Morgan fingerprint density at radius 3 is 2.73 bits per heavy atom. The molecular weight excluding hydrogens is 194 g/mol. The van der Waals surface area contributed by atoms with Crippen molar-refractivity contribution in [2.45, 2.75) is 13.0 Å². The molecule has 6 heteroatoms. The number of carbonyl (C=O) groups excluding carboxylic acids is 1. The highest BCUT2D eigenvalue weighted by atomic mass is 16.2. The number of anilines is 2. The van der Waals surface area contributed by atoms with Gasteiger partial charge in [-0.15, -0.1) is 0 Å². The van der Waals surface area contributed by atoms with Crippen LogP contribution in [0.5, 0.6) is 0 Å². The number of nitrogens with zero attached hydrogens (tertiary/aromatic N) is 3. The summed E-state index contributed by atoms with van der Waals surface area (Å²) in [6.45, 7) is 1.76. The molecule has 1 heterocycles. The number of aromatic nitrogens is 2. The second-order valence-corrected chi connectivity index (χ2v) is 3.43. The van der Waals surface area contributed by atoms with Gasteiger partial charge in [-0.2, -0.15) is 0 Å². The molecule has 0 aliphatic rings. The normalized spacial score (nSPS) is 11.9. The minimum Gasteiger partial charge on any atom is -0.384 e. The number of nitrogen functional groups attached to an aromatic ring is 1. The van der Waals surface area contributed by atoms with Crippen molar-refractivity contribution in [1.29, 1.82) is 0 Å². The third-order valence-corrected chi connectivity index (χ3v) is 1.86. The number of rotatable bonds is 3. The maximum atomic E-state index is 11.5. The summed E-state index contributed by atoms with van der Waals surface area (Å²) < 4.78 is 0. The summed E-state index contributed by atoms with van der Waals surface area (Å²) in [5, 5.41) is 2.94. The Labute approximate surface area is 88.5 Å². The SMILES string of the molecule is CC(Nc1cc(N)ncn1)C(=O)N(C)C. The van der Waals surface area contributed by atoms with Gasteiger partial charge in [0.1, 0.15) is 24.0 Å². The predicted molar refractivity (Wildman–Crippen MR) is 58.2 cm³/mol. The van der Waals surface area contributed by atoms with Crippen LogP contribution in [0.4, 0.5) is 11.6 Å². The van der Waals surface area contributed by atoms with Crippen LogP contribution in [0.1, 0.15) is 6.92 Å². The van der Waals surface area contributed by atoms with Crippen molar-refractivity contribution in [2.75, 3.05) is 25.1 Å². The van der Waals surface area contributed by atoms with Gasteiger partial charge in [0.15, 0.2) is 0 Å². The molecule has 15 heavy (non-hydrogen) atoms. The van der Waals surface area contributed by atoms with E-state index in [2.05, 4.69) is 15.3 Å². The van der Waals surface area contributed by atoms with Crippen molar-refractivity contribution in [1.82, 2.24) is 14.9 Å². The van der Waals surface area contributed by atoms with Gasteiger partial charge >= 0.3 is 0 Å². The molecule has 3 N–H and O–H groups in total. The summed E-state index contributed by atoms with van der Waals surface area (Å²) in [6.07, 6.45) is 1.35.